The fourth-order valence-corrected chi connectivity index (χ4v) is 6.35. The molecule has 0 radical (unpaired) electrons. The van der Waals surface area contributed by atoms with Crippen LogP contribution in [0.2, 0.25) is 0 Å². The number of fused-ring (bicyclic) bond motifs is 2. The molecular formula is C42H62N2O6. The van der Waals surface area contributed by atoms with Crippen molar-refractivity contribution in [2.75, 3.05) is 26.4 Å². The molecule has 50 heavy (non-hydrogen) atoms. The molecule has 1 aliphatic rings. The molecule has 0 spiro atoms. The summed E-state index contributed by atoms with van der Waals surface area (Å²) in [7, 11) is 0. The van der Waals surface area contributed by atoms with Gasteiger partial charge in [0.2, 0.25) is 5.78 Å². The maximum absolute atomic E-state index is 14.2. The van der Waals surface area contributed by atoms with Gasteiger partial charge in [-0.15, -0.1) is 0 Å². The number of carbonyl (C=O) groups is 1. The van der Waals surface area contributed by atoms with Gasteiger partial charge in [-0.3, -0.25) is 4.79 Å². The molecule has 2 aromatic carbocycles. The predicted molar refractivity (Wildman–Crippen MR) is 205 cm³/mol. The highest BCUT2D eigenvalue weighted by molar-refractivity contribution is 6.56. The quantitative estimate of drug-likeness (QED) is 0.0772. The van der Waals surface area contributed by atoms with Crippen LogP contribution in [0.5, 0.6) is 28.7 Å². The number of nitrogens with one attached hydrogen (secondary N) is 1. The van der Waals surface area contributed by atoms with E-state index in [0.717, 1.165) is 51.4 Å². The van der Waals surface area contributed by atoms with E-state index >= 15 is 0 Å². The standard InChI is InChI=1S/C42H62N2O6/c1-5-9-13-15-17-19-21-29-49-33-25-23-31(47-27-11-7-3)35-37(33)43-39(41(35)45)40-42(46)36-32(48-28-12-8-4)24-26-34(38(36)44-40)50-30-22-20-18-16-14-10-6-2/h23-26,43,45H,5-22,27-30H2,1-4H3. The number of aromatic amines is 1. The zero-order valence-corrected chi connectivity index (χ0v) is 31.3. The molecule has 1 aromatic heterocycles. The van der Waals surface area contributed by atoms with Gasteiger partial charge in [0.05, 0.1) is 42.9 Å². The molecule has 0 saturated carbocycles. The second-order valence-electron chi connectivity index (χ2n) is 13.6. The number of hydrogen-bond donors (Lipinski definition) is 2. The fraction of sp³-hybridized carbons (Fsp3) is 0.619. The Labute approximate surface area is 300 Å². The Morgan fingerprint density at radius 2 is 1.00 bits per heavy atom. The topological polar surface area (TPSA) is 102 Å². The highest BCUT2D eigenvalue weighted by Crippen LogP contribution is 2.47. The summed E-state index contributed by atoms with van der Waals surface area (Å²) in [4.78, 5) is 22.4. The number of unbranched alkanes of at least 4 members (excludes halogenated alkanes) is 14. The number of benzene rings is 2. The maximum atomic E-state index is 14.2. The normalized spacial score (nSPS) is 12.4. The van der Waals surface area contributed by atoms with Gasteiger partial charge in [-0.05, 0) is 49.9 Å². The molecule has 1 aliphatic heterocycles. The molecule has 0 aliphatic carbocycles. The Morgan fingerprint density at radius 1 is 0.560 bits per heavy atom. The van der Waals surface area contributed by atoms with Gasteiger partial charge in [0.25, 0.3) is 0 Å². The average molecular weight is 691 g/mol. The first kappa shape index (κ1) is 39.1. The van der Waals surface area contributed by atoms with Crippen LogP contribution >= 0.6 is 0 Å². The van der Waals surface area contributed by atoms with Gasteiger partial charge >= 0.3 is 0 Å². The van der Waals surface area contributed by atoms with Crippen LogP contribution in [0.25, 0.3) is 10.9 Å². The van der Waals surface area contributed by atoms with Crippen LogP contribution in [0, 0.1) is 0 Å². The van der Waals surface area contributed by atoms with E-state index in [1.54, 1.807) is 0 Å². The summed E-state index contributed by atoms with van der Waals surface area (Å²) in [5.41, 5.74) is 1.79. The number of aliphatic imine (C=N–C) groups is 1. The second-order valence-corrected chi connectivity index (χ2v) is 13.6. The van der Waals surface area contributed by atoms with E-state index in [2.05, 4.69) is 32.7 Å². The van der Waals surface area contributed by atoms with Gasteiger partial charge < -0.3 is 29.0 Å². The number of ketones is 1. The van der Waals surface area contributed by atoms with Gasteiger partial charge in [0, 0.05) is 0 Å². The molecule has 0 amide bonds. The minimum atomic E-state index is -0.311. The van der Waals surface area contributed by atoms with E-state index in [1.807, 2.05) is 24.3 Å². The number of hydrogen-bond acceptors (Lipinski definition) is 7. The molecule has 3 aromatic rings. The summed E-state index contributed by atoms with van der Waals surface area (Å²) in [6.07, 6.45) is 20.4. The number of rotatable bonds is 27. The van der Waals surface area contributed by atoms with Crippen LogP contribution in [0.4, 0.5) is 5.69 Å². The molecular weight excluding hydrogens is 628 g/mol. The number of ether oxygens (including phenoxy) is 4. The zero-order chi connectivity index (χ0) is 35.6. The molecule has 2 N–H and O–H groups in total. The summed E-state index contributed by atoms with van der Waals surface area (Å²) in [5.74, 6) is 1.80. The van der Waals surface area contributed by atoms with Crippen LogP contribution in [-0.4, -0.2) is 48.0 Å². The smallest absolute Gasteiger partial charge is 0.219 e. The van der Waals surface area contributed by atoms with E-state index in [9.17, 15) is 9.90 Å². The minimum Gasteiger partial charge on any atom is -0.505 e. The first-order valence-electron chi connectivity index (χ1n) is 19.7. The summed E-state index contributed by atoms with van der Waals surface area (Å²) >= 11 is 0. The SMILES string of the molecule is CCCCCCCCCOc1ccc(OCCCC)c2c1N=C(c1[nH]c3c(OCCCCCCCCC)ccc(OCCCC)c3c1O)C2=O. The molecule has 0 fully saturated rings. The Hall–Kier alpha value is -3.68. The van der Waals surface area contributed by atoms with Crippen molar-refractivity contribution in [2.45, 2.75) is 143 Å². The lowest BCUT2D eigenvalue weighted by Crippen LogP contribution is -2.13. The van der Waals surface area contributed by atoms with E-state index < -0.39 is 0 Å². The first-order chi connectivity index (χ1) is 24.5. The highest BCUT2D eigenvalue weighted by Gasteiger charge is 2.35. The van der Waals surface area contributed by atoms with Crippen LogP contribution in [0.15, 0.2) is 29.3 Å². The molecule has 4 rings (SSSR count). The third-order valence-electron chi connectivity index (χ3n) is 9.38. The van der Waals surface area contributed by atoms with Crippen molar-refractivity contribution in [1.82, 2.24) is 4.98 Å². The second kappa shape index (κ2) is 21.5. The van der Waals surface area contributed by atoms with Crippen molar-refractivity contribution in [2.24, 2.45) is 4.99 Å². The lowest BCUT2D eigenvalue weighted by Gasteiger charge is -2.13. The molecule has 8 heteroatoms. The average Bonchev–Trinajstić information content (AvgIpc) is 3.65. The van der Waals surface area contributed by atoms with Crippen molar-refractivity contribution in [1.29, 1.82) is 0 Å². The van der Waals surface area contributed by atoms with E-state index in [-0.39, 0.29) is 22.9 Å². The number of H-pyrrole nitrogens is 1. The number of carbonyl (C=O) groups excluding carboxylic acids is 1. The summed E-state index contributed by atoms with van der Waals surface area (Å²) < 4.78 is 24.7. The minimum absolute atomic E-state index is 0.0771. The first-order valence-corrected chi connectivity index (χ1v) is 19.7. The van der Waals surface area contributed by atoms with Gasteiger partial charge in [-0.2, -0.15) is 0 Å². The Kier molecular flexibility index (Phi) is 16.8. The van der Waals surface area contributed by atoms with Gasteiger partial charge in [0.15, 0.2) is 5.75 Å². The lowest BCUT2D eigenvalue weighted by atomic mass is 10.0. The molecule has 0 atom stereocenters. The largest absolute Gasteiger partial charge is 0.505 e. The highest BCUT2D eigenvalue weighted by atomic mass is 16.5. The van der Waals surface area contributed by atoms with Gasteiger partial charge in [-0.25, -0.2) is 4.99 Å². The molecule has 2 heterocycles. The summed E-state index contributed by atoms with van der Waals surface area (Å²) in [6.45, 7) is 10.8. The van der Waals surface area contributed by atoms with Gasteiger partial charge in [-0.1, -0.05) is 118 Å². The molecule has 276 valence electrons. The van der Waals surface area contributed by atoms with Crippen molar-refractivity contribution in [3.8, 4) is 28.7 Å². The summed E-state index contributed by atoms with van der Waals surface area (Å²) in [6, 6.07) is 7.39. The molecule has 0 unspecified atom stereocenters. The van der Waals surface area contributed by atoms with Crippen LogP contribution in [0.1, 0.15) is 159 Å². The van der Waals surface area contributed by atoms with Crippen LogP contribution in [0.3, 0.4) is 0 Å². The summed E-state index contributed by atoms with van der Waals surface area (Å²) in [5, 5.41) is 12.2. The zero-order valence-electron chi connectivity index (χ0n) is 31.3. The van der Waals surface area contributed by atoms with Crippen molar-refractivity contribution < 1.29 is 28.8 Å². The lowest BCUT2D eigenvalue weighted by molar-refractivity contribution is 0.106. The molecule has 0 bridgehead atoms. The fourth-order valence-electron chi connectivity index (χ4n) is 6.35. The van der Waals surface area contributed by atoms with E-state index in [1.165, 1.54) is 64.2 Å². The molecule has 0 saturated heterocycles. The van der Waals surface area contributed by atoms with E-state index in [0.29, 0.717) is 71.6 Å². The maximum Gasteiger partial charge on any atom is 0.219 e. The number of aromatic nitrogens is 1. The third kappa shape index (κ3) is 10.7. The number of Topliss-reactive ketones (excluding diaryl/α,β-unsaturated/α-hetero) is 1. The Balaban J connectivity index is 1.60. The van der Waals surface area contributed by atoms with Crippen molar-refractivity contribution >= 4 is 28.1 Å². The predicted octanol–water partition coefficient (Wildman–Crippen LogP) is 11.8. The van der Waals surface area contributed by atoms with Crippen molar-refractivity contribution in [3.63, 3.8) is 0 Å². The monoisotopic (exact) mass is 690 g/mol. The van der Waals surface area contributed by atoms with E-state index in [4.69, 9.17) is 23.9 Å². The van der Waals surface area contributed by atoms with Crippen LogP contribution in [-0.2, 0) is 0 Å². The number of nitrogens with zero attached hydrogens (tertiary/aromatic N) is 1. The molecule has 8 nitrogen and oxygen atoms in total. The Bertz CT molecular complexity index is 1510. The Morgan fingerprint density at radius 3 is 1.60 bits per heavy atom. The van der Waals surface area contributed by atoms with Gasteiger partial charge in [0.1, 0.15) is 40.1 Å². The van der Waals surface area contributed by atoms with Crippen molar-refractivity contribution in [3.05, 3.63) is 35.5 Å². The third-order valence-corrected chi connectivity index (χ3v) is 9.38. The van der Waals surface area contributed by atoms with Crippen LogP contribution < -0.4 is 18.9 Å². The number of aromatic hydroxyl groups is 1.